The number of amides is 1. The van der Waals surface area contributed by atoms with Crippen LogP contribution in [-0.2, 0) is 0 Å². The van der Waals surface area contributed by atoms with Crippen LogP contribution in [0.3, 0.4) is 0 Å². The Morgan fingerprint density at radius 2 is 2.11 bits per heavy atom. The Kier molecular flexibility index (Phi) is 3.46. The maximum atomic E-state index is 12.3. The van der Waals surface area contributed by atoms with Crippen LogP contribution in [0.4, 0.5) is 0 Å². The summed E-state index contributed by atoms with van der Waals surface area (Å²) in [5, 5.41) is 0. The molecule has 2 rings (SSSR count). The normalized spacial score (nSPS) is 12.2. The summed E-state index contributed by atoms with van der Waals surface area (Å²) < 4.78 is 5.31. The molecule has 18 heavy (non-hydrogen) atoms. The van der Waals surface area contributed by atoms with E-state index in [0.29, 0.717) is 5.69 Å². The molecule has 0 saturated heterocycles. The summed E-state index contributed by atoms with van der Waals surface area (Å²) in [5.41, 5.74) is 1.29. The predicted octanol–water partition coefficient (Wildman–Crippen LogP) is 2.82. The molecule has 1 amide bonds. The summed E-state index contributed by atoms with van der Waals surface area (Å²) >= 11 is 0. The highest BCUT2D eigenvalue weighted by molar-refractivity contribution is 5.92. The lowest BCUT2D eigenvalue weighted by Gasteiger charge is -2.22. The van der Waals surface area contributed by atoms with Crippen molar-refractivity contribution in [2.45, 2.75) is 19.9 Å². The quantitative estimate of drug-likeness (QED) is 0.834. The molecule has 0 spiro atoms. The third-order valence-electron chi connectivity index (χ3n) is 2.96. The zero-order valence-corrected chi connectivity index (χ0v) is 10.8. The summed E-state index contributed by atoms with van der Waals surface area (Å²) in [5.74, 6) is 0.654. The monoisotopic (exact) mass is 244 g/mol. The number of aryl methyl sites for hydroxylation is 1. The molecule has 1 unspecified atom stereocenters. The molecule has 0 N–H and O–H groups in total. The van der Waals surface area contributed by atoms with Crippen LogP contribution in [0.5, 0.6) is 0 Å². The van der Waals surface area contributed by atoms with Crippen molar-refractivity contribution in [3.63, 3.8) is 0 Å². The lowest BCUT2D eigenvalue weighted by atomic mass is 10.2. The predicted molar refractivity (Wildman–Crippen MR) is 68.2 cm³/mol. The second-order valence-corrected chi connectivity index (χ2v) is 4.27. The summed E-state index contributed by atoms with van der Waals surface area (Å²) in [4.78, 5) is 18.1. The van der Waals surface area contributed by atoms with E-state index in [1.165, 1.54) is 0 Å². The number of furan rings is 1. The zero-order valence-electron chi connectivity index (χ0n) is 10.8. The van der Waals surface area contributed by atoms with Crippen molar-refractivity contribution in [2.24, 2.45) is 0 Å². The smallest absolute Gasteiger partial charge is 0.272 e. The van der Waals surface area contributed by atoms with Crippen molar-refractivity contribution in [3.8, 4) is 0 Å². The maximum Gasteiger partial charge on any atom is 0.272 e. The van der Waals surface area contributed by atoms with Gasteiger partial charge in [-0.25, -0.2) is 4.98 Å². The lowest BCUT2D eigenvalue weighted by molar-refractivity contribution is 0.0720. The Balaban J connectivity index is 2.19. The zero-order chi connectivity index (χ0) is 13.1. The largest absolute Gasteiger partial charge is 0.467 e. The van der Waals surface area contributed by atoms with E-state index in [9.17, 15) is 4.79 Å². The highest BCUT2D eigenvalue weighted by Crippen LogP contribution is 2.20. The number of carbonyl (C=O) groups is 1. The molecule has 0 aromatic carbocycles. The molecule has 0 saturated carbocycles. The van der Waals surface area contributed by atoms with Crippen molar-refractivity contribution in [1.29, 1.82) is 0 Å². The minimum absolute atomic E-state index is 0.109. The highest BCUT2D eigenvalue weighted by atomic mass is 16.3. The van der Waals surface area contributed by atoms with Crippen molar-refractivity contribution in [1.82, 2.24) is 9.88 Å². The summed E-state index contributed by atoms with van der Waals surface area (Å²) in [6.45, 7) is 3.79. The standard InChI is InChI=1S/C14H16N2O2/c1-10-6-4-7-12(15-10)14(17)16(3)11(2)13-8-5-9-18-13/h4-9,11H,1-3H3. The lowest BCUT2D eigenvalue weighted by Crippen LogP contribution is -2.30. The summed E-state index contributed by atoms with van der Waals surface area (Å²) in [6, 6.07) is 8.98. The van der Waals surface area contributed by atoms with Crippen LogP contribution in [-0.4, -0.2) is 22.8 Å². The number of pyridine rings is 1. The van der Waals surface area contributed by atoms with Gasteiger partial charge in [-0.3, -0.25) is 4.79 Å². The Bertz CT molecular complexity index is 534. The van der Waals surface area contributed by atoms with Gasteiger partial charge in [-0.05, 0) is 38.1 Å². The van der Waals surface area contributed by atoms with Crippen LogP contribution in [0, 0.1) is 6.92 Å². The average molecular weight is 244 g/mol. The van der Waals surface area contributed by atoms with E-state index in [1.54, 1.807) is 24.3 Å². The van der Waals surface area contributed by atoms with Crippen LogP contribution < -0.4 is 0 Å². The first-order valence-corrected chi connectivity index (χ1v) is 5.84. The topological polar surface area (TPSA) is 46.3 Å². The Labute approximate surface area is 106 Å². The molecule has 0 aliphatic carbocycles. The molecule has 2 aromatic heterocycles. The van der Waals surface area contributed by atoms with E-state index in [-0.39, 0.29) is 11.9 Å². The molecular formula is C14H16N2O2. The Morgan fingerprint density at radius 1 is 1.33 bits per heavy atom. The second kappa shape index (κ2) is 5.04. The SMILES string of the molecule is Cc1cccc(C(=O)N(C)C(C)c2ccco2)n1. The minimum Gasteiger partial charge on any atom is -0.467 e. The van der Waals surface area contributed by atoms with E-state index < -0.39 is 0 Å². The van der Waals surface area contributed by atoms with Gasteiger partial charge in [-0.2, -0.15) is 0 Å². The van der Waals surface area contributed by atoms with Gasteiger partial charge in [-0.1, -0.05) is 6.07 Å². The van der Waals surface area contributed by atoms with Gasteiger partial charge in [0, 0.05) is 12.7 Å². The second-order valence-electron chi connectivity index (χ2n) is 4.27. The molecule has 4 heteroatoms. The van der Waals surface area contributed by atoms with Crippen molar-refractivity contribution in [2.75, 3.05) is 7.05 Å². The average Bonchev–Trinajstić information content (AvgIpc) is 2.90. The molecule has 0 fully saturated rings. The van der Waals surface area contributed by atoms with Gasteiger partial charge < -0.3 is 9.32 Å². The van der Waals surface area contributed by atoms with Crippen molar-refractivity contribution < 1.29 is 9.21 Å². The number of hydrogen-bond donors (Lipinski definition) is 0. The maximum absolute atomic E-state index is 12.3. The van der Waals surface area contributed by atoms with E-state index in [1.807, 2.05) is 38.1 Å². The summed E-state index contributed by atoms with van der Waals surface area (Å²) in [6.07, 6.45) is 1.61. The molecule has 0 radical (unpaired) electrons. The van der Waals surface area contributed by atoms with Crippen LogP contribution in [0.1, 0.15) is 34.9 Å². The first-order valence-electron chi connectivity index (χ1n) is 5.84. The minimum atomic E-state index is -0.116. The van der Waals surface area contributed by atoms with Gasteiger partial charge in [0.1, 0.15) is 11.5 Å². The van der Waals surface area contributed by atoms with Gasteiger partial charge in [0.2, 0.25) is 0 Å². The van der Waals surface area contributed by atoms with Crippen molar-refractivity contribution in [3.05, 3.63) is 53.7 Å². The Morgan fingerprint density at radius 3 is 2.72 bits per heavy atom. The molecule has 2 heterocycles. The van der Waals surface area contributed by atoms with Gasteiger partial charge in [0.05, 0.1) is 12.3 Å². The molecule has 94 valence electrons. The molecule has 0 bridgehead atoms. The van der Waals surface area contributed by atoms with Gasteiger partial charge in [-0.15, -0.1) is 0 Å². The molecule has 1 atom stereocenters. The van der Waals surface area contributed by atoms with Gasteiger partial charge >= 0.3 is 0 Å². The van der Waals surface area contributed by atoms with Crippen LogP contribution in [0.2, 0.25) is 0 Å². The van der Waals surface area contributed by atoms with E-state index in [4.69, 9.17) is 4.42 Å². The molecular weight excluding hydrogens is 228 g/mol. The number of hydrogen-bond acceptors (Lipinski definition) is 3. The fourth-order valence-electron chi connectivity index (χ4n) is 1.74. The summed E-state index contributed by atoms with van der Waals surface area (Å²) in [7, 11) is 1.75. The van der Waals surface area contributed by atoms with E-state index in [0.717, 1.165) is 11.5 Å². The van der Waals surface area contributed by atoms with Gasteiger partial charge in [0.15, 0.2) is 0 Å². The fourth-order valence-corrected chi connectivity index (χ4v) is 1.74. The Hall–Kier alpha value is -2.10. The van der Waals surface area contributed by atoms with Crippen LogP contribution in [0.15, 0.2) is 41.0 Å². The molecule has 2 aromatic rings. The molecule has 0 aliphatic rings. The molecule has 4 nitrogen and oxygen atoms in total. The van der Waals surface area contributed by atoms with E-state index >= 15 is 0 Å². The number of nitrogens with zero attached hydrogens (tertiary/aromatic N) is 2. The number of carbonyl (C=O) groups excluding carboxylic acids is 1. The first kappa shape index (κ1) is 12.4. The third-order valence-corrected chi connectivity index (χ3v) is 2.96. The molecule has 0 aliphatic heterocycles. The first-order chi connectivity index (χ1) is 8.59. The van der Waals surface area contributed by atoms with Crippen LogP contribution in [0.25, 0.3) is 0 Å². The fraction of sp³-hybridized carbons (Fsp3) is 0.286. The number of rotatable bonds is 3. The van der Waals surface area contributed by atoms with Gasteiger partial charge in [0.25, 0.3) is 5.91 Å². The number of aromatic nitrogens is 1. The highest BCUT2D eigenvalue weighted by Gasteiger charge is 2.21. The van der Waals surface area contributed by atoms with Crippen molar-refractivity contribution >= 4 is 5.91 Å². The van der Waals surface area contributed by atoms with E-state index in [2.05, 4.69) is 4.98 Å². The van der Waals surface area contributed by atoms with Crippen LogP contribution >= 0.6 is 0 Å². The third kappa shape index (κ3) is 2.42.